The summed E-state index contributed by atoms with van der Waals surface area (Å²) in [5.41, 5.74) is 7.54. The Morgan fingerprint density at radius 3 is 2.29 bits per heavy atom. The molecule has 0 saturated heterocycles. The zero-order chi connectivity index (χ0) is 15.1. The second-order valence-electron chi connectivity index (χ2n) is 6.75. The van der Waals surface area contributed by atoms with Crippen LogP contribution in [0.5, 0.6) is 0 Å². The zero-order valence-electron chi connectivity index (χ0n) is 13.8. The van der Waals surface area contributed by atoms with E-state index < -0.39 is 0 Å². The van der Waals surface area contributed by atoms with Crippen LogP contribution in [-0.4, -0.2) is 30.6 Å². The molecule has 2 unspecified atom stereocenters. The van der Waals surface area contributed by atoms with Crippen molar-refractivity contribution < 1.29 is 0 Å². The van der Waals surface area contributed by atoms with Gasteiger partial charge in [-0.15, -0.1) is 0 Å². The van der Waals surface area contributed by atoms with Gasteiger partial charge in [0.1, 0.15) is 0 Å². The van der Waals surface area contributed by atoms with Gasteiger partial charge in [-0.25, -0.2) is 0 Å². The van der Waals surface area contributed by atoms with Gasteiger partial charge in [0.05, 0.1) is 0 Å². The van der Waals surface area contributed by atoms with Crippen molar-refractivity contribution in [2.45, 2.75) is 69.9 Å². The maximum Gasteiger partial charge on any atom is 0.0224 e. The van der Waals surface area contributed by atoms with Crippen molar-refractivity contribution >= 4 is 0 Å². The molecule has 0 aromatic heterocycles. The second kappa shape index (κ2) is 8.55. The van der Waals surface area contributed by atoms with Crippen molar-refractivity contribution in [3.8, 4) is 0 Å². The van der Waals surface area contributed by atoms with Gasteiger partial charge in [-0.3, -0.25) is 4.90 Å². The van der Waals surface area contributed by atoms with Crippen LogP contribution >= 0.6 is 0 Å². The van der Waals surface area contributed by atoms with Crippen molar-refractivity contribution in [2.24, 2.45) is 5.73 Å². The van der Waals surface area contributed by atoms with Crippen molar-refractivity contribution in [1.82, 2.24) is 4.90 Å². The Kier molecular flexibility index (Phi) is 6.72. The maximum absolute atomic E-state index is 6.10. The lowest BCUT2D eigenvalue weighted by molar-refractivity contribution is 0.149. The van der Waals surface area contributed by atoms with Crippen LogP contribution in [0.2, 0.25) is 0 Å². The van der Waals surface area contributed by atoms with E-state index in [9.17, 15) is 0 Å². The molecule has 0 spiro atoms. The summed E-state index contributed by atoms with van der Waals surface area (Å²) >= 11 is 0. The summed E-state index contributed by atoms with van der Waals surface area (Å²) in [7, 11) is 2.30. The van der Waals surface area contributed by atoms with E-state index in [0.29, 0.717) is 12.0 Å². The van der Waals surface area contributed by atoms with E-state index in [1.807, 2.05) is 0 Å². The van der Waals surface area contributed by atoms with Gasteiger partial charge in [0.2, 0.25) is 0 Å². The van der Waals surface area contributed by atoms with E-state index in [-0.39, 0.29) is 0 Å². The molecule has 0 aliphatic heterocycles. The summed E-state index contributed by atoms with van der Waals surface area (Å²) < 4.78 is 0. The molecule has 1 aromatic rings. The Morgan fingerprint density at radius 2 is 1.71 bits per heavy atom. The molecule has 2 rings (SSSR count). The largest absolute Gasteiger partial charge is 0.329 e. The molecule has 0 bridgehead atoms. The summed E-state index contributed by atoms with van der Waals surface area (Å²) in [6.45, 7) is 3.10. The highest BCUT2D eigenvalue weighted by atomic mass is 15.2. The van der Waals surface area contributed by atoms with Gasteiger partial charge < -0.3 is 5.73 Å². The van der Waals surface area contributed by atoms with Gasteiger partial charge in [-0.1, -0.05) is 62.9 Å². The van der Waals surface area contributed by atoms with Gasteiger partial charge in [-0.2, -0.15) is 0 Å². The lowest BCUT2D eigenvalue weighted by Gasteiger charge is -2.35. The third kappa shape index (κ3) is 4.82. The summed E-state index contributed by atoms with van der Waals surface area (Å²) in [5, 5.41) is 0. The molecule has 1 aromatic carbocycles. The van der Waals surface area contributed by atoms with Crippen molar-refractivity contribution in [1.29, 1.82) is 0 Å². The third-order valence-electron chi connectivity index (χ3n) is 5.24. The Balaban J connectivity index is 1.94. The van der Waals surface area contributed by atoms with Crippen LogP contribution in [-0.2, 0) is 0 Å². The highest BCUT2D eigenvalue weighted by Crippen LogP contribution is 2.26. The van der Waals surface area contributed by atoms with Crippen LogP contribution in [0, 0.1) is 0 Å². The first-order valence-electron chi connectivity index (χ1n) is 8.69. The number of hydrogen-bond acceptors (Lipinski definition) is 2. The maximum atomic E-state index is 6.10. The van der Waals surface area contributed by atoms with E-state index in [0.717, 1.165) is 19.0 Å². The first-order chi connectivity index (χ1) is 10.2. The third-order valence-corrected chi connectivity index (χ3v) is 5.24. The van der Waals surface area contributed by atoms with Crippen LogP contribution in [0.25, 0.3) is 0 Å². The van der Waals surface area contributed by atoms with E-state index in [1.165, 1.54) is 44.1 Å². The highest BCUT2D eigenvalue weighted by Gasteiger charge is 2.24. The van der Waals surface area contributed by atoms with Gasteiger partial charge in [0, 0.05) is 18.6 Å². The minimum absolute atomic E-state index is 0.503. The molecule has 1 aliphatic carbocycles. The van der Waals surface area contributed by atoms with Crippen LogP contribution < -0.4 is 5.73 Å². The molecule has 1 aliphatic rings. The topological polar surface area (TPSA) is 29.3 Å². The summed E-state index contributed by atoms with van der Waals surface area (Å²) in [5.74, 6) is 0.577. The quantitative estimate of drug-likeness (QED) is 0.796. The van der Waals surface area contributed by atoms with Crippen LogP contribution in [0.15, 0.2) is 30.3 Å². The van der Waals surface area contributed by atoms with E-state index >= 15 is 0 Å². The number of nitrogens with two attached hydrogens (primary N) is 1. The number of rotatable bonds is 6. The minimum atomic E-state index is 0.503. The Bertz CT molecular complexity index is 382. The molecular formula is C19H32N2. The molecule has 1 fully saturated rings. The van der Waals surface area contributed by atoms with Crippen molar-refractivity contribution in [3.63, 3.8) is 0 Å². The molecule has 2 atom stereocenters. The van der Waals surface area contributed by atoms with E-state index in [2.05, 4.69) is 49.2 Å². The number of nitrogens with zero attached hydrogens (tertiary/aromatic N) is 1. The molecule has 21 heavy (non-hydrogen) atoms. The molecule has 2 nitrogen and oxygen atoms in total. The van der Waals surface area contributed by atoms with E-state index in [1.54, 1.807) is 0 Å². The van der Waals surface area contributed by atoms with Crippen LogP contribution in [0.4, 0.5) is 0 Å². The molecule has 2 N–H and O–H groups in total. The Labute approximate surface area is 130 Å². The molecule has 0 heterocycles. The van der Waals surface area contributed by atoms with Gasteiger partial charge in [0.25, 0.3) is 0 Å². The fourth-order valence-electron chi connectivity index (χ4n) is 3.72. The number of hydrogen-bond donors (Lipinski definition) is 1. The highest BCUT2D eigenvalue weighted by molar-refractivity contribution is 5.19. The zero-order valence-corrected chi connectivity index (χ0v) is 13.8. The predicted molar refractivity (Wildman–Crippen MR) is 91.6 cm³/mol. The minimum Gasteiger partial charge on any atom is -0.329 e. The number of likely N-dealkylation sites (N-methyl/N-ethyl adjacent to an activating group) is 1. The standard InChI is InChI=1S/C19H32N2/c1-16(17-10-6-5-7-11-17)14-19(15-20)21(2)18-12-8-3-4-9-13-18/h5-7,10-11,16,18-19H,3-4,8-9,12-15,20H2,1-2H3. The van der Waals surface area contributed by atoms with Crippen LogP contribution in [0.3, 0.4) is 0 Å². The molecule has 118 valence electrons. The summed E-state index contributed by atoms with van der Waals surface area (Å²) in [4.78, 5) is 2.59. The van der Waals surface area contributed by atoms with Gasteiger partial charge in [-0.05, 0) is 37.8 Å². The molecule has 0 radical (unpaired) electrons. The smallest absolute Gasteiger partial charge is 0.0224 e. The van der Waals surface area contributed by atoms with Crippen molar-refractivity contribution in [3.05, 3.63) is 35.9 Å². The molecule has 2 heteroatoms. The normalized spacial score (nSPS) is 20.2. The first-order valence-corrected chi connectivity index (χ1v) is 8.69. The van der Waals surface area contributed by atoms with Crippen molar-refractivity contribution in [2.75, 3.05) is 13.6 Å². The molecule has 0 amide bonds. The van der Waals surface area contributed by atoms with Gasteiger partial charge in [0.15, 0.2) is 0 Å². The first kappa shape index (κ1) is 16.5. The average Bonchev–Trinajstić information content (AvgIpc) is 2.81. The molecule has 1 saturated carbocycles. The lowest BCUT2D eigenvalue weighted by Crippen LogP contribution is -2.44. The van der Waals surface area contributed by atoms with Gasteiger partial charge >= 0.3 is 0 Å². The Hall–Kier alpha value is -0.860. The number of benzene rings is 1. The average molecular weight is 288 g/mol. The monoisotopic (exact) mass is 288 g/mol. The predicted octanol–water partition coefficient (Wildman–Crippen LogP) is 4.16. The summed E-state index contributed by atoms with van der Waals surface area (Å²) in [6.07, 6.45) is 9.48. The summed E-state index contributed by atoms with van der Waals surface area (Å²) in [6, 6.07) is 12.1. The van der Waals surface area contributed by atoms with Crippen LogP contribution in [0.1, 0.15) is 63.4 Å². The molecular weight excluding hydrogens is 256 g/mol. The second-order valence-corrected chi connectivity index (χ2v) is 6.75. The Morgan fingerprint density at radius 1 is 1.10 bits per heavy atom. The fraction of sp³-hybridized carbons (Fsp3) is 0.684. The van der Waals surface area contributed by atoms with E-state index in [4.69, 9.17) is 5.73 Å². The SMILES string of the molecule is CC(CC(CN)N(C)C1CCCCCC1)c1ccccc1. The fourth-order valence-corrected chi connectivity index (χ4v) is 3.72. The lowest BCUT2D eigenvalue weighted by atomic mass is 9.92.